The lowest BCUT2D eigenvalue weighted by Crippen LogP contribution is -2.27. The monoisotopic (exact) mass is 266 g/mol. The molecule has 106 valence electrons. The van der Waals surface area contributed by atoms with Crippen molar-refractivity contribution >= 4 is 11.8 Å². The van der Waals surface area contributed by atoms with E-state index in [0.717, 1.165) is 12.0 Å². The predicted molar refractivity (Wildman–Crippen MR) is 75.3 cm³/mol. The minimum atomic E-state index is -0.543. The number of phenolic OH excluding ortho intramolecular Hbond substituents is 1. The maximum atomic E-state index is 11.7. The molecular weight excluding hydrogens is 244 g/mol. The van der Waals surface area contributed by atoms with Crippen molar-refractivity contribution in [3.63, 3.8) is 0 Å². The largest absolute Gasteiger partial charge is 0.508 e. The van der Waals surface area contributed by atoms with Crippen molar-refractivity contribution in [1.29, 1.82) is 0 Å². The van der Waals surface area contributed by atoms with Gasteiger partial charge in [0.1, 0.15) is 11.4 Å². The molecule has 0 unspecified atom stereocenters. The van der Waals surface area contributed by atoms with Crippen molar-refractivity contribution < 1.29 is 14.6 Å². The molecule has 0 aliphatic heterocycles. The van der Waals surface area contributed by atoms with Gasteiger partial charge in [0.2, 0.25) is 0 Å². The molecule has 0 saturated carbocycles. The van der Waals surface area contributed by atoms with Gasteiger partial charge in [-0.15, -0.1) is 0 Å². The summed E-state index contributed by atoms with van der Waals surface area (Å²) in [6.07, 6.45) is 0.967. The number of aromatic hydroxyl groups is 1. The number of amides is 1. The molecule has 1 rings (SSSR count). The number of phenols is 1. The highest BCUT2D eigenvalue weighted by Gasteiger charge is 2.17. The lowest BCUT2D eigenvalue weighted by molar-refractivity contribution is 0.0635. The van der Waals surface area contributed by atoms with E-state index in [1.807, 2.05) is 0 Å². The predicted octanol–water partition coefficient (Wildman–Crippen LogP) is 2.63. The quantitative estimate of drug-likeness (QED) is 0.731. The van der Waals surface area contributed by atoms with Gasteiger partial charge in [-0.25, -0.2) is 4.79 Å². The summed E-state index contributed by atoms with van der Waals surface area (Å²) in [6.45, 7) is 5.97. The lowest BCUT2D eigenvalue weighted by atomic mass is 10.1. The number of benzene rings is 1. The summed E-state index contributed by atoms with van der Waals surface area (Å²) in [5.74, 6) is 0.168. The van der Waals surface area contributed by atoms with Crippen molar-refractivity contribution in [3.8, 4) is 5.75 Å². The number of anilines is 1. The summed E-state index contributed by atoms with van der Waals surface area (Å²) in [7, 11) is 0. The number of hydrogen-bond donors (Lipinski definition) is 3. The molecule has 19 heavy (non-hydrogen) atoms. The summed E-state index contributed by atoms with van der Waals surface area (Å²) in [5, 5.41) is 12.2. The number of aryl methyl sites for hydroxylation is 1. The van der Waals surface area contributed by atoms with Gasteiger partial charge in [0, 0.05) is 5.69 Å². The Kier molecular flexibility index (Phi) is 5.18. The number of carbonyl (C=O) groups excluding carboxylic acids is 1. The number of nitrogens with two attached hydrogens (primary N) is 1. The van der Waals surface area contributed by atoms with E-state index in [1.54, 1.807) is 32.9 Å². The smallest absolute Gasteiger partial charge is 0.412 e. The van der Waals surface area contributed by atoms with Gasteiger partial charge in [-0.1, -0.05) is 0 Å². The standard InChI is InChI=1S/C14H22N2O3/c1-14(2,3)19-13(18)16-12-7-6-11(17)9-10(12)5-4-8-15/h6-7,9,17H,4-5,8,15H2,1-3H3,(H,16,18). The molecule has 5 nitrogen and oxygen atoms in total. The summed E-state index contributed by atoms with van der Waals surface area (Å²) in [5.41, 5.74) is 6.41. The molecular formula is C14H22N2O3. The second-order valence-electron chi connectivity index (χ2n) is 5.36. The third-order valence-corrected chi connectivity index (χ3v) is 2.37. The van der Waals surface area contributed by atoms with Crippen LogP contribution < -0.4 is 11.1 Å². The van der Waals surface area contributed by atoms with Crippen LogP contribution in [0.2, 0.25) is 0 Å². The van der Waals surface area contributed by atoms with Gasteiger partial charge < -0.3 is 15.6 Å². The summed E-state index contributed by atoms with van der Waals surface area (Å²) < 4.78 is 5.19. The normalized spacial score (nSPS) is 11.2. The zero-order chi connectivity index (χ0) is 14.5. The second-order valence-corrected chi connectivity index (χ2v) is 5.36. The molecule has 0 bridgehead atoms. The average molecular weight is 266 g/mol. The van der Waals surface area contributed by atoms with Crippen LogP contribution >= 0.6 is 0 Å². The molecule has 4 N–H and O–H groups in total. The molecule has 0 aliphatic carbocycles. The maximum Gasteiger partial charge on any atom is 0.412 e. The van der Waals surface area contributed by atoms with E-state index in [0.29, 0.717) is 18.7 Å². The molecule has 0 heterocycles. The van der Waals surface area contributed by atoms with Crippen LogP contribution in [0.25, 0.3) is 0 Å². The molecule has 0 saturated heterocycles. The molecule has 1 aromatic carbocycles. The Bertz CT molecular complexity index is 439. The fourth-order valence-corrected chi connectivity index (χ4v) is 1.61. The van der Waals surface area contributed by atoms with Crippen LogP contribution in [0.5, 0.6) is 5.75 Å². The molecule has 1 aromatic rings. The average Bonchev–Trinajstić information content (AvgIpc) is 2.27. The topological polar surface area (TPSA) is 84.6 Å². The Morgan fingerprint density at radius 2 is 2.11 bits per heavy atom. The van der Waals surface area contributed by atoms with E-state index in [-0.39, 0.29) is 5.75 Å². The van der Waals surface area contributed by atoms with Gasteiger partial charge in [0.15, 0.2) is 0 Å². The van der Waals surface area contributed by atoms with Crippen molar-refractivity contribution in [2.45, 2.75) is 39.2 Å². The van der Waals surface area contributed by atoms with Crippen molar-refractivity contribution in [2.24, 2.45) is 5.73 Å². The Labute approximate surface area is 113 Å². The Morgan fingerprint density at radius 3 is 2.68 bits per heavy atom. The van der Waals surface area contributed by atoms with Crippen LogP contribution in [0.15, 0.2) is 18.2 Å². The minimum Gasteiger partial charge on any atom is -0.508 e. The number of rotatable bonds is 4. The first-order chi connectivity index (χ1) is 8.81. The van der Waals surface area contributed by atoms with Gasteiger partial charge in [0.05, 0.1) is 0 Å². The fourth-order valence-electron chi connectivity index (χ4n) is 1.61. The summed E-state index contributed by atoms with van der Waals surface area (Å²) in [4.78, 5) is 11.7. The van der Waals surface area contributed by atoms with Gasteiger partial charge >= 0.3 is 6.09 Å². The third kappa shape index (κ3) is 5.61. The van der Waals surface area contributed by atoms with Crippen LogP contribution in [0, 0.1) is 0 Å². The Morgan fingerprint density at radius 1 is 1.42 bits per heavy atom. The highest BCUT2D eigenvalue weighted by atomic mass is 16.6. The van der Waals surface area contributed by atoms with E-state index in [1.165, 1.54) is 6.07 Å². The second kappa shape index (κ2) is 6.43. The van der Waals surface area contributed by atoms with Crippen molar-refractivity contribution in [3.05, 3.63) is 23.8 Å². The van der Waals surface area contributed by atoms with Gasteiger partial charge in [-0.3, -0.25) is 5.32 Å². The van der Waals surface area contributed by atoms with E-state index in [2.05, 4.69) is 5.32 Å². The number of nitrogens with one attached hydrogen (secondary N) is 1. The minimum absolute atomic E-state index is 0.168. The molecule has 1 amide bonds. The first-order valence-corrected chi connectivity index (χ1v) is 6.34. The molecule has 0 fully saturated rings. The molecule has 5 heteroatoms. The van der Waals surface area contributed by atoms with Gasteiger partial charge in [-0.05, 0) is 63.9 Å². The van der Waals surface area contributed by atoms with Gasteiger partial charge in [-0.2, -0.15) is 0 Å². The number of carbonyl (C=O) groups is 1. The first kappa shape index (κ1) is 15.3. The summed E-state index contributed by atoms with van der Waals surface area (Å²) in [6, 6.07) is 4.81. The highest BCUT2D eigenvalue weighted by molar-refractivity contribution is 5.86. The molecule has 0 radical (unpaired) electrons. The van der Waals surface area contributed by atoms with E-state index >= 15 is 0 Å². The molecule has 0 aliphatic rings. The Hall–Kier alpha value is -1.75. The molecule has 0 atom stereocenters. The molecule has 0 spiro atoms. The number of hydrogen-bond acceptors (Lipinski definition) is 4. The van der Waals surface area contributed by atoms with Gasteiger partial charge in [0.25, 0.3) is 0 Å². The van der Waals surface area contributed by atoms with E-state index in [9.17, 15) is 9.90 Å². The van der Waals surface area contributed by atoms with Crippen LogP contribution in [-0.2, 0) is 11.2 Å². The van der Waals surface area contributed by atoms with Crippen LogP contribution in [0.1, 0.15) is 32.8 Å². The van der Waals surface area contributed by atoms with Crippen LogP contribution in [0.4, 0.5) is 10.5 Å². The zero-order valence-electron chi connectivity index (χ0n) is 11.7. The fraction of sp³-hybridized carbons (Fsp3) is 0.500. The third-order valence-electron chi connectivity index (χ3n) is 2.37. The highest BCUT2D eigenvalue weighted by Crippen LogP contribution is 2.23. The Balaban J connectivity index is 2.79. The van der Waals surface area contributed by atoms with E-state index in [4.69, 9.17) is 10.5 Å². The SMILES string of the molecule is CC(C)(C)OC(=O)Nc1ccc(O)cc1CCCN. The number of ether oxygens (including phenoxy) is 1. The summed E-state index contributed by atoms with van der Waals surface area (Å²) >= 11 is 0. The van der Waals surface area contributed by atoms with Crippen molar-refractivity contribution in [2.75, 3.05) is 11.9 Å². The van der Waals surface area contributed by atoms with Crippen LogP contribution in [-0.4, -0.2) is 23.3 Å². The zero-order valence-corrected chi connectivity index (χ0v) is 11.7. The maximum absolute atomic E-state index is 11.7. The van der Waals surface area contributed by atoms with E-state index < -0.39 is 11.7 Å². The lowest BCUT2D eigenvalue weighted by Gasteiger charge is -2.20. The molecule has 0 aromatic heterocycles. The van der Waals surface area contributed by atoms with Crippen LogP contribution in [0.3, 0.4) is 0 Å². The first-order valence-electron chi connectivity index (χ1n) is 6.34. The van der Waals surface area contributed by atoms with Crippen molar-refractivity contribution in [1.82, 2.24) is 0 Å².